The van der Waals surface area contributed by atoms with Gasteiger partial charge in [0.05, 0.1) is 8.95 Å². The Balaban J connectivity index is 0.000000309. The number of halogens is 4. The molecule has 8 heteroatoms. The summed E-state index contributed by atoms with van der Waals surface area (Å²) in [4.78, 5) is 11.4. The van der Waals surface area contributed by atoms with E-state index < -0.39 is 11.7 Å². The third-order valence-electron chi connectivity index (χ3n) is 3.11. The van der Waals surface area contributed by atoms with Gasteiger partial charge in [-0.15, -0.1) is 0 Å². The minimum atomic E-state index is -0.558. The van der Waals surface area contributed by atoms with Gasteiger partial charge < -0.3 is 15.8 Å². The average molecular weight is 508 g/mol. The second-order valence-corrected chi connectivity index (χ2v) is 8.19. The van der Waals surface area contributed by atoms with E-state index in [1.807, 2.05) is 0 Å². The summed E-state index contributed by atoms with van der Waals surface area (Å²) in [6, 6.07) is 9.99. The van der Waals surface area contributed by atoms with Crippen molar-refractivity contribution in [3.8, 4) is 0 Å². The normalized spacial score (nSPS) is 10.7. The van der Waals surface area contributed by atoms with Gasteiger partial charge in [-0.05, 0) is 64.8 Å². The van der Waals surface area contributed by atoms with Crippen LogP contribution in [0.3, 0.4) is 0 Å². The van der Waals surface area contributed by atoms with Crippen LogP contribution in [0.1, 0.15) is 31.9 Å². The number of carbonyl (C=O) groups excluding carboxylic acids is 1. The van der Waals surface area contributed by atoms with Crippen LogP contribution in [0.5, 0.6) is 0 Å². The molecule has 0 heterocycles. The quantitative estimate of drug-likeness (QED) is 0.563. The van der Waals surface area contributed by atoms with Crippen LogP contribution in [0.15, 0.2) is 45.3 Å². The minimum absolute atomic E-state index is 0.0974. The van der Waals surface area contributed by atoms with Gasteiger partial charge in [-0.25, -0.2) is 13.6 Å². The van der Waals surface area contributed by atoms with Crippen LogP contribution in [-0.2, 0) is 17.8 Å². The van der Waals surface area contributed by atoms with Crippen molar-refractivity contribution in [1.82, 2.24) is 5.32 Å². The van der Waals surface area contributed by atoms with Crippen LogP contribution < -0.4 is 11.1 Å². The van der Waals surface area contributed by atoms with Gasteiger partial charge in [-0.1, -0.05) is 24.3 Å². The summed E-state index contributed by atoms with van der Waals surface area (Å²) in [6.45, 7) is 5.65. The molecule has 0 saturated carbocycles. The van der Waals surface area contributed by atoms with Gasteiger partial charge in [0.1, 0.15) is 17.2 Å². The fraction of sp³-hybridized carbons (Fsp3) is 0.316. The number of ether oxygens (including phenoxy) is 1. The summed E-state index contributed by atoms with van der Waals surface area (Å²) in [5, 5.41) is 2.50. The second kappa shape index (κ2) is 10.7. The van der Waals surface area contributed by atoms with Crippen LogP contribution in [-0.4, -0.2) is 11.7 Å². The molecule has 0 atom stereocenters. The van der Waals surface area contributed by atoms with Crippen LogP contribution in [0.25, 0.3) is 0 Å². The number of hydrogen-bond donors (Lipinski definition) is 2. The molecule has 0 aliphatic carbocycles. The predicted octanol–water partition coefficient (Wildman–Crippen LogP) is 5.66. The van der Waals surface area contributed by atoms with E-state index >= 15 is 0 Å². The molecule has 0 aliphatic rings. The highest BCUT2D eigenvalue weighted by molar-refractivity contribution is 9.10. The molecule has 0 unspecified atom stereocenters. The fourth-order valence-electron chi connectivity index (χ4n) is 1.87. The molecular weight excluding hydrogens is 486 g/mol. The Labute approximate surface area is 174 Å². The van der Waals surface area contributed by atoms with Gasteiger partial charge in [0.2, 0.25) is 0 Å². The number of amides is 1. The lowest BCUT2D eigenvalue weighted by molar-refractivity contribution is 0.0523. The first-order chi connectivity index (χ1) is 12.5. The van der Waals surface area contributed by atoms with Gasteiger partial charge in [0.25, 0.3) is 0 Å². The van der Waals surface area contributed by atoms with Crippen molar-refractivity contribution < 1.29 is 18.3 Å². The predicted molar refractivity (Wildman–Crippen MR) is 109 cm³/mol. The molecule has 27 heavy (non-hydrogen) atoms. The second-order valence-electron chi connectivity index (χ2n) is 6.49. The van der Waals surface area contributed by atoms with E-state index in [4.69, 9.17) is 10.5 Å². The molecule has 0 aromatic heterocycles. The molecular formula is C19H22Br2F2N2O2. The van der Waals surface area contributed by atoms with Crippen LogP contribution >= 0.6 is 31.9 Å². The zero-order valence-electron chi connectivity index (χ0n) is 15.3. The van der Waals surface area contributed by atoms with Crippen LogP contribution in [0.2, 0.25) is 0 Å². The summed E-state index contributed by atoms with van der Waals surface area (Å²) in [5.41, 5.74) is 5.65. The number of hydrogen-bond acceptors (Lipinski definition) is 3. The SMILES string of the molecule is CC(C)(C)OC(=O)NCc1cccc(Br)c1F.NCc1cccc(Br)c1F. The average Bonchev–Trinajstić information content (AvgIpc) is 2.58. The van der Waals surface area contributed by atoms with E-state index in [-0.39, 0.29) is 24.7 Å². The third-order valence-corrected chi connectivity index (χ3v) is 4.33. The largest absolute Gasteiger partial charge is 0.444 e. The monoisotopic (exact) mass is 506 g/mol. The Morgan fingerprint density at radius 2 is 1.52 bits per heavy atom. The molecule has 4 nitrogen and oxygen atoms in total. The standard InChI is InChI=1S/C12H15BrFNO2.C7H7BrFN/c1-12(2,3)17-11(16)15-7-8-5-4-6-9(13)10(8)14;8-6-3-1-2-5(4-10)7(6)9/h4-6H,7H2,1-3H3,(H,15,16);1-3H,4,10H2. The van der Waals surface area contributed by atoms with Crippen molar-refractivity contribution >= 4 is 38.0 Å². The summed E-state index contributed by atoms with van der Waals surface area (Å²) < 4.78 is 32.3. The number of rotatable bonds is 3. The molecule has 2 rings (SSSR count). The molecule has 0 spiro atoms. The summed E-state index contributed by atoms with van der Waals surface area (Å²) in [6.07, 6.45) is -0.558. The minimum Gasteiger partial charge on any atom is -0.444 e. The molecule has 148 valence electrons. The van der Waals surface area contributed by atoms with E-state index in [0.717, 1.165) is 0 Å². The van der Waals surface area contributed by atoms with Gasteiger partial charge in [-0.2, -0.15) is 0 Å². The Morgan fingerprint density at radius 3 is 1.96 bits per heavy atom. The molecule has 0 radical (unpaired) electrons. The Kier molecular flexibility index (Phi) is 9.35. The lowest BCUT2D eigenvalue weighted by Gasteiger charge is -2.19. The number of nitrogens with two attached hydrogens (primary N) is 1. The zero-order chi connectivity index (χ0) is 20.6. The van der Waals surface area contributed by atoms with Crippen molar-refractivity contribution in [2.75, 3.05) is 0 Å². The first kappa shape index (κ1) is 23.5. The smallest absolute Gasteiger partial charge is 0.407 e. The summed E-state index contributed by atoms with van der Waals surface area (Å²) >= 11 is 6.14. The van der Waals surface area contributed by atoms with E-state index in [1.54, 1.807) is 57.2 Å². The third kappa shape index (κ3) is 8.36. The molecule has 2 aromatic rings. The zero-order valence-corrected chi connectivity index (χ0v) is 18.5. The lowest BCUT2D eigenvalue weighted by atomic mass is 10.2. The van der Waals surface area contributed by atoms with Crippen molar-refractivity contribution in [2.45, 2.75) is 39.5 Å². The summed E-state index contributed by atoms with van der Waals surface area (Å²) in [7, 11) is 0. The maximum absolute atomic E-state index is 13.6. The number of benzene rings is 2. The first-order valence-corrected chi connectivity index (χ1v) is 9.66. The number of nitrogens with one attached hydrogen (secondary N) is 1. The van der Waals surface area contributed by atoms with E-state index in [1.165, 1.54) is 0 Å². The highest BCUT2D eigenvalue weighted by Crippen LogP contribution is 2.19. The number of carbonyl (C=O) groups is 1. The molecule has 0 fully saturated rings. The van der Waals surface area contributed by atoms with Gasteiger partial charge in [0, 0.05) is 24.2 Å². The molecule has 2 aromatic carbocycles. The maximum Gasteiger partial charge on any atom is 0.407 e. The van der Waals surface area contributed by atoms with Crippen molar-refractivity contribution in [3.63, 3.8) is 0 Å². The first-order valence-electron chi connectivity index (χ1n) is 8.08. The molecule has 3 N–H and O–H groups in total. The lowest BCUT2D eigenvalue weighted by Crippen LogP contribution is -2.32. The fourth-order valence-corrected chi connectivity index (χ4v) is 2.69. The molecule has 0 bridgehead atoms. The van der Waals surface area contributed by atoms with Gasteiger partial charge in [-0.3, -0.25) is 0 Å². The Bertz CT molecular complexity index is 781. The van der Waals surface area contributed by atoms with Crippen LogP contribution in [0.4, 0.5) is 13.6 Å². The highest BCUT2D eigenvalue weighted by Gasteiger charge is 2.16. The van der Waals surface area contributed by atoms with Crippen molar-refractivity contribution in [2.24, 2.45) is 5.73 Å². The van der Waals surface area contributed by atoms with Crippen LogP contribution in [0, 0.1) is 11.6 Å². The Hall–Kier alpha value is -1.51. The maximum atomic E-state index is 13.6. The molecule has 1 amide bonds. The van der Waals surface area contributed by atoms with Gasteiger partial charge >= 0.3 is 6.09 Å². The summed E-state index contributed by atoms with van der Waals surface area (Å²) in [5.74, 6) is -0.631. The highest BCUT2D eigenvalue weighted by atomic mass is 79.9. The number of alkyl carbamates (subject to hydrolysis) is 1. The Morgan fingerprint density at radius 1 is 1.04 bits per heavy atom. The van der Waals surface area contributed by atoms with E-state index in [9.17, 15) is 13.6 Å². The van der Waals surface area contributed by atoms with Crippen molar-refractivity contribution in [1.29, 1.82) is 0 Å². The topological polar surface area (TPSA) is 64.3 Å². The molecule has 0 saturated heterocycles. The van der Waals surface area contributed by atoms with E-state index in [0.29, 0.717) is 20.1 Å². The van der Waals surface area contributed by atoms with Gasteiger partial charge in [0.15, 0.2) is 0 Å². The van der Waals surface area contributed by atoms with E-state index in [2.05, 4.69) is 37.2 Å². The molecule has 0 aliphatic heterocycles. The van der Waals surface area contributed by atoms with Crippen molar-refractivity contribution in [3.05, 3.63) is 68.1 Å².